The summed E-state index contributed by atoms with van der Waals surface area (Å²) < 4.78 is 0. The number of aliphatic hydroxyl groups is 1. The van der Waals surface area contributed by atoms with E-state index < -0.39 is 0 Å². The van der Waals surface area contributed by atoms with Gasteiger partial charge in [-0.1, -0.05) is 18.2 Å². The van der Waals surface area contributed by atoms with Crippen molar-refractivity contribution < 1.29 is 5.11 Å². The minimum absolute atomic E-state index is 0.234. The summed E-state index contributed by atoms with van der Waals surface area (Å²) in [5, 5.41) is 9.40. The van der Waals surface area contributed by atoms with Gasteiger partial charge in [0, 0.05) is 25.3 Å². The molecule has 3 nitrogen and oxygen atoms in total. The first-order valence-electron chi connectivity index (χ1n) is 6.25. The smallest absolute Gasteiger partial charge is 0.0604 e. The third-order valence-electron chi connectivity index (χ3n) is 3.74. The van der Waals surface area contributed by atoms with E-state index in [0.29, 0.717) is 0 Å². The minimum Gasteiger partial charge on any atom is -0.395 e. The maximum absolute atomic E-state index is 9.40. The van der Waals surface area contributed by atoms with E-state index in [1.807, 2.05) is 0 Å². The van der Waals surface area contributed by atoms with Gasteiger partial charge < -0.3 is 10.0 Å². The fourth-order valence-electron chi connectivity index (χ4n) is 2.65. The number of anilines is 1. The Kier molecular flexibility index (Phi) is 3.69. The Morgan fingerprint density at radius 2 is 1.88 bits per heavy atom. The number of para-hydroxylation sites is 1. The molecule has 2 rings (SSSR count). The molecule has 1 N–H and O–H groups in total. The van der Waals surface area contributed by atoms with Crippen molar-refractivity contribution >= 4 is 5.69 Å². The van der Waals surface area contributed by atoms with E-state index in [0.717, 1.165) is 19.6 Å². The van der Waals surface area contributed by atoms with Crippen LogP contribution >= 0.6 is 0 Å². The van der Waals surface area contributed by atoms with Crippen molar-refractivity contribution in [3.05, 3.63) is 29.3 Å². The molecule has 0 bridgehead atoms. The summed E-state index contributed by atoms with van der Waals surface area (Å²) in [4.78, 5) is 4.65. The lowest BCUT2D eigenvalue weighted by Crippen LogP contribution is -2.53. The Balaban J connectivity index is 2.23. The van der Waals surface area contributed by atoms with Crippen molar-refractivity contribution in [1.29, 1.82) is 0 Å². The highest BCUT2D eigenvalue weighted by Gasteiger charge is 2.25. The zero-order valence-electron chi connectivity index (χ0n) is 11.0. The number of nitrogens with zero attached hydrogens (tertiary/aromatic N) is 2. The van der Waals surface area contributed by atoms with Crippen molar-refractivity contribution in [2.24, 2.45) is 0 Å². The zero-order valence-corrected chi connectivity index (χ0v) is 11.0. The molecule has 0 aromatic heterocycles. The number of aliphatic hydroxyl groups excluding tert-OH is 1. The van der Waals surface area contributed by atoms with Crippen molar-refractivity contribution in [1.82, 2.24) is 4.90 Å². The minimum atomic E-state index is 0.234. The lowest BCUT2D eigenvalue weighted by atomic mass is 10.1. The highest BCUT2D eigenvalue weighted by atomic mass is 16.3. The molecule has 1 aromatic rings. The number of rotatable bonds is 2. The third-order valence-corrected chi connectivity index (χ3v) is 3.74. The van der Waals surface area contributed by atoms with Crippen LogP contribution in [0.3, 0.4) is 0 Å². The van der Waals surface area contributed by atoms with Crippen molar-refractivity contribution in [2.75, 3.05) is 38.2 Å². The molecule has 1 atom stereocenters. The zero-order chi connectivity index (χ0) is 12.4. The number of hydrogen-bond acceptors (Lipinski definition) is 3. The monoisotopic (exact) mass is 234 g/mol. The van der Waals surface area contributed by atoms with Gasteiger partial charge in [-0.15, -0.1) is 0 Å². The fraction of sp³-hybridized carbons (Fsp3) is 0.571. The average molecular weight is 234 g/mol. The molecule has 1 fully saturated rings. The van der Waals surface area contributed by atoms with Gasteiger partial charge in [-0.05, 0) is 32.0 Å². The van der Waals surface area contributed by atoms with E-state index in [1.54, 1.807) is 0 Å². The SMILES string of the molecule is Cc1cccc(C)c1N1CCN(C)C(CO)C1. The maximum Gasteiger partial charge on any atom is 0.0604 e. The van der Waals surface area contributed by atoms with Crippen LogP contribution in [0.25, 0.3) is 0 Å². The normalized spacial score (nSPS) is 21.9. The molecule has 1 aliphatic rings. The van der Waals surface area contributed by atoms with Gasteiger partial charge in [0.05, 0.1) is 12.6 Å². The fourth-order valence-corrected chi connectivity index (χ4v) is 2.65. The van der Waals surface area contributed by atoms with Gasteiger partial charge in [0.15, 0.2) is 0 Å². The summed E-state index contributed by atoms with van der Waals surface area (Å²) >= 11 is 0. The molecule has 1 unspecified atom stereocenters. The molecule has 3 heteroatoms. The Morgan fingerprint density at radius 3 is 2.47 bits per heavy atom. The standard InChI is InChI=1S/C14H22N2O/c1-11-5-4-6-12(2)14(11)16-8-7-15(3)13(9-16)10-17/h4-6,13,17H,7-10H2,1-3H3. The van der Waals surface area contributed by atoms with Gasteiger partial charge >= 0.3 is 0 Å². The van der Waals surface area contributed by atoms with Crippen LogP contribution in [0.2, 0.25) is 0 Å². The third kappa shape index (κ3) is 2.45. The summed E-state index contributed by atoms with van der Waals surface area (Å²) in [6.07, 6.45) is 0. The molecule has 94 valence electrons. The number of hydrogen-bond donors (Lipinski definition) is 1. The van der Waals surface area contributed by atoms with Crippen LogP contribution in [0.15, 0.2) is 18.2 Å². The molecule has 0 spiro atoms. The molecule has 1 heterocycles. The number of piperazine rings is 1. The van der Waals surface area contributed by atoms with E-state index in [1.165, 1.54) is 16.8 Å². The summed E-state index contributed by atoms with van der Waals surface area (Å²) in [5.74, 6) is 0. The molecule has 0 radical (unpaired) electrons. The van der Waals surface area contributed by atoms with E-state index in [2.05, 4.69) is 48.9 Å². The van der Waals surface area contributed by atoms with Crippen LogP contribution in [0, 0.1) is 13.8 Å². The van der Waals surface area contributed by atoms with Crippen LogP contribution in [0.1, 0.15) is 11.1 Å². The van der Waals surface area contributed by atoms with E-state index in [4.69, 9.17) is 0 Å². The molecular weight excluding hydrogens is 212 g/mol. The second-order valence-electron chi connectivity index (χ2n) is 5.00. The van der Waals surface area contributed by atoms with Gasteiger partial charge in [-0.3, -0.25) is 4.90 Å². The number of benzene rings is 1. The van der Waals surface area contributed by atoms with Gasteiger partial charge in [0.1, 0.15) is 0 Å². The Labute approximate surface area is 104 Å². The average Bonchev–Trinajstić information content (AvgIpc) is 2.31. The topological polar surface area (TPSA) is 26.7 Å². The highest BCUT2D eigenvalue weighted by molar-refractivity contribution is 5.59. The van der Waals surface area contributed by atoms with Crippen molar-refractivity contribution in [3.63, 3.8) is 0 Å². The molecule has 1 saturated heterocycles. The van der Waals surface area contributed by atoms with Gasteiger partial charge in [0.25, 0.3) is 0 Å². The predicted molar refractivity (Wildman–Crippen MR) is 71.6 cm³/mol. The van der Waals surface area contributed by atoms with Crippen LogP contribution in [0.5, 0.6) is 0 Å². The lowest BCUT2D eigenvalue weighted by molar-refractivity contribution is 0.135. The molecule has 0 saturated carbocycles. The first-order chi connectivity index (χ1) is 8.13. The van der Waals surface area contributed by atoms with E-state index >= 15 is 0 Å². The second-order valence-corrected chi connectivity index (χ2v) is 5.00. The van der Waals surface area contributed by atoms with Crippen LogP contribution in [-0.4, -0.2) is 49.3 Å². The first kappa shape index (κ1) is 12.4. The lowest BCUT2D eigenvalue weighted by Gasteiger charge is -2.41. The number of likely N-dealkylation sites (N-methyl/N-ethyl adjacent to an activating group) is 1. The van der Waals surface area contributed by atoms with Gasteiger partial charge in [0.2, 0.25) is 0 Å². The summed E-state index contributed by atoms with van der Waals surface area (Å²) in [5.41, 5.74) is 4.00. The summed E-state index contributed by atoms with van der Waals surface area (Å²) in [7, 11) is 2.09. The van der Waals surface area contributed by atoms with Crippen LogP contribution < -0.4 is 4.90 Å². The molecule has 0 amide bonds. The molecular formula is C14H22N2O. The van der Waals surface area contributed by atoms with Crippen molar-refractivity contribution in [2.45, 2.75) is 19.9 Å². The quantitative estimate of drug-likeness (QED) is 0.838. The Bertz CT molecular complexity index is 372. The summed E-state index contributed by atoms with van der Waals surface area (Å²) in [6, 6.07) is 6.68. The van der Waals surface area contributed by atoms with E-state index in [-0.39, 0.29) is 12.6 Å². The highest BCUT2D eigenvalue weighted by Crippen LogP contribution is 2.26. The molecule has 1 aliphatic heterocycles. The number of aryl methyl sites for hydroxylation is 2. The van der Waals surface area contributed by atoms with Gasteiger partial charge in [-0.2, -0.15) is 0 Å². The molecule has 17 heavy (non-hydrogen) atoms. The maximum atomic E-state index is 9.40. The molecule has 1 aromatic carbocycles. The largest absolute Gasteiger partial charge is 0.395 e. The summed E-state index contributed by atoms with van der Waals surface area (Å²) in [6.45, 7) is 7.53. The Hall–Kier alpha value is -1.06. The molecule has 0 aliphatic carbocycles. The van der Waals surface area contributed by atoms with Crippen LogP contribution in [0.4, 0.5) is 5.69 Å². The van der Waals surface area contributed by atoms with Gasteiger partial charge in [-0.25, -0.2) is 0 Å². The van der Waals surface area contributed by atoms with Crippen molar-refractivity contribution in [3.8, 4) is 0 Å². The van der Waals surface area contributed by atoms with E-state index in [9.17, 15) is 5.11 Å². The Morgan fingerprint density at radius 1 is 1.24 bits per heavy atom. The second kappa shape index (κ2) is 5.07. The predicted octanol–water partition coefficient (Wildman–Crippen LogP) is 1.42. The first-order valence-corrected chi connectivity index (χ1v) is 6.25. The van der Waals surface area contributed by atoms with Crippen LogP contribution in [-0.2, 0) is 0 Å².